The molecule has 7 heteroatoms. The lowest BCUT2D eigenvalue weighted by Gasteiger charge is -2.06. The summed E-state index contributed by atoms with van der Waals surface area (Å²) in [4.78, 5) is 19.3. The molecule has 18 heavy (non-hydrogen) atoms. The Morgan fingerprint density at radius 2 is 2.11 bits per heavy atom. The molecule has 2 aromatic rings. The topological polar surface area (TPSA) is 80.9 Å². The van der Waals surface area contributed by atoms with Crippen molar-refractivity contribution in [3.8, 4) is 0 Å². The molecule has 0 aromatic carbocycles. The van der Waals surface area contributed by atoms with E-state index in [2.05, 4.69) is 15.3 Å². The highest BCUT2D eigenvalue weighted by Crippen LogP contribution is 2.16. The molecule has 2 rings (SSSR count). The van der Waals surface area contributed by atoms with Gasteiger partial charge in [-0.25, -0.2) is 14.4 Å². The minimum absolute atomic E-state index is 0.154. The van der Waals surface area contributed by atoms with E-state index in [1.165, 1.54) is 24.4 Å². The Balaban J connectivity index is 2.21. The van der Waals surface area contributed by atoms with E-state index in [1.54, 1.807) is 0 Å². The summed E-state index contributed by atoms with van der Waals surface area (Å²) in [7, 11) is 0. The molecule has 92 valence electrons. The Morgan fingerprint density at radius 3 is 2.78 bits per heavy atom. The number of carbonyl (C=O) groups is 1. The molecule has 0 aliphatic carbocycles. The third kappa shape index (κ3) is 2.72. The third-order valence-corrected chi connectivity index (χ3v) is 2.32. The number of halogens is 2. The van der Waals surface area contributed by atoms with Crippen LogP contribution in [0.1, 0.15) is 10.4 Å². The Hall–Kier alpha value is -2.21. The summed E-state index contributed by atoms with van der Waals surface area (Å²) < 4.78 is 12.6. The maximum Gasteiger partial charge on any atom is 0.259 e. The number of hydrogen-bond acceptors (Lipinski definition) is 4. The molecule has 5 nitrogen and oxygen atoms in total. The van der Waals surface area contributed by atoms with Gasteiger partial charge in [0, 0.05) is 0 Å². The predicted molar refractivity (Wildman–Crippen MR) is 65.8 cm³/mol. The second-order valence-electron chi connectivity index (χ2n) is 3.41. The van der Waals surface area contributed by atoms with Crippen molar-refractivity contribution in [3.05, 3.63) is 47.1 Å². The number of nitrogens with one attached hydrogen (secondary N) is 1. The number of pyridine rings is 2. The molecule has 2 aromatic heterocycles. The van der Waals surface area contributed by atoms with E-state index in [0.29, 0.717) is 0 Å². The fourth-order valence-corrected chi connectivity index (χ4v) is 1.43. The zero-order valence-corrected chi connectivity index (χ0v) is 9.78. The number of aromatic nitrogens is 2. The van der Waals surface area contributed by atoms with Crippen LogP contribution in [0.25, 0.3) is 0 Å². The van der Waals surface area contributed by atoms with Crippen LogP contribution in [-0.2, 0) is 0 Å². The molecule has 0 radical (unpaired) electrons. The molecule has 0 fully saturated rings. The summed E-state index contributed by atoms with van der Waals surface area (Å²) in [5.41, 5.74) is 5.98. The van der Waals surface area contributed by atoms with Gasteiger partial charge in [0.05, 0.1) is 23.6 Å². The summed E-state index contributed by atoms with van der Waals surface area (Å²) in [6.07, 6.45) is 2.29. The molecule has 0 saturated heterocycles. The van der Waals surface area contributed by atoms with E-state index in [-0.39, 0.29) is 22.2 Å². The summed E-state index contributed by atoms with van der Waals surface area (Å²) >= 11 is 5.67. The van der Waals surface area contributed by atoms with Gasteiger partial charge in [-0.2, -0.15) is 0 Å². The van der Waals surface area contributed by atoms with E-state index in [4.69, 9.17) is 17.3 Å². The van der Waals surface area contributed by atoms with Crippen LogP contribution in [0.15, 0.2) is 30.6 Å². The van der Waals surface area contributed by atoms with Gasteiger partial charge in [-0.1, -0.05) is 11.6 Å². The fourth-order valence-electron chi connectivity index (χ4n) is 1.27. The maximum absolute atomic E-state index is 12.6. The zero-order valence-electron chi connectivity index (χ0n) is 9.02. The fraction of sp³-hybridized carbons (Fsp3) is 0. The predicted octanol–water partition coefficient (Wildman–Crippen LogP) is 2.10. The van der Waals surface area contributed by atoms with Gasteiger partial charge in [0.2, 0.25) is 0 Å². The zero-order chi connectivity index (χ0) is 13.1. The molecule has 3 N–H and O–H groups in total. The monoisotopic (exact) mass is 266 g/mol. The van der Waals surface area contributed by atoms with Crippen molar-refractivity contribution in [3.63, 3.8) is 0 Å². The highest BCUT2D eigenvalue weighted by Gasteiger charge is 2.11. The van der Waals surface area contributed by atoms with Gasteiger partial charge in [0.25, 0.3) is 5.91 Å². The standard InChI is InChI=1S/C11H8ClFN4O/c12-9-3-7(8(14)5-15-9)11(18)17-10-2-1-6(13)4-16-10/h1-5H,14H2,(H,16,17,18). The average molecular weight is 267 g/mol. The van der Waals surface area contributed by atoms with Crippen molar-refractivity contribution in [1.29, 1.82) is 0 Å². The van der Waals surface area contributed by atoms with Gasteiger partial charge < -0.3 is 11.1 Å². The molecule has 0 saturated carbocycles. The smallest absolute Gasteiger partial charge is 0.259 e. The van der Waals surface area contributed by atoms with Crippen molar-refractivity contribution < 1.29 is 9.18 Å². The highest BCUT2D eigenvalue weighted by molar-refractivity contribution is 6.30. The molecule has 0 unspecified atom stereocenters. The number of rotatable bonds is 2. The first-order chi connectivity index (χ1) is 8.56. The number of nitrogens with two attached hydrogens (primary N) is 1. The molecule has 2 heterocycles. The van der Waals surface area contributed by atoms with Crippen LogP contribution in [0.4, 0.5) is 15.9 Å². The van der Waals surface area contributed by atoms with Crippen LogP contribution < -0.4 is 11.1 Å². The number of carbonyl (C=O) groups excluding carboxylic acids is 1. The van der Waals surface area contributed by atoms with Crippen LogP contribution in [0.5, 0.6) is 0 Å². The van der Waals surface area contributed by atoms with Crippen molar-refractivity contribution >= 4 is 29.0 Å². The van der Waals surface area contributed by atoms with Crippen LogP contribution in [-0.4, -0.2) is 15.9 Å². The number of anilines is 2. The van der Waals surface area contributed by atoms with Crippen LogP contribution in [0.2, 0.25) is 5.15 Å². The molecular formula is C11H8ClFN4O. The largest absolute Gasteiger partial charge is 0.397 e. The molecule has 1 amide bonds. The van der Waals surface area contributed by atoms with E-state index >= 15 is 0 Å². The second-order valence-corrected chi connectivity index (χ2v) is 3.80. The molecule has 0 aliphatic rings. The Bertz CT molecular complexity index is 588. The third-order valence-electron chi connectivity index (χ3n) is 2.12. The van der Waals surface area contributed by atoms with Gasteiger partial charge in [-0.15, -0.1) is 0 Å². The van der Waals surface area contributed by atoms with Crippen molar-refractivity contribution in [2.24, 2.45) is 0 Å². The summed E-state index contributed by atoms with van der Waals surface area (Å²) in [5.74, 6) is -0.760. The van der Waals surface area contributed by atoms with Crippen LogP contribution in [0, 0.1) is 5.82 Å². The first kappa shape index (κ1) is 12.3. The lowest BCUT2D eigenvalue weighted by molar-refractivity contribution is 0.102. The van der Waals surface area contributed by atoms with E-state index in [9.17, 15) is 9.18 Å². The normalized spacial score (nSPS) is 10.1. The maximum atomic E-state index is 12.6. The van der Waals surface area contributed by atoms with Gasteiger partial charge in [0.1, 0.15) is 16.8 Å². The summed E-state index contributed by atoms with van der Waals surface area (Å²) in [6.45, 7) is 0. The highest BCUT2D eigenvalue weighted by atomic mass is 35.5. The molecular weight excluding hydrogens is 259 g/mol. The summed E-state index contributed by atoms with van der Waals surface area (Å²) in [5, 5.41) is 2.62. The SMILES string of the molecule is Nc1cnc(Cl)cc1C(=O)Nc1ccc(F)cn1. The molecule has 0 atom stereocenters. The molecule has 0 aliphatic heterocycles. The number of nitrogen functional groups attached to an aromatic ring is 1. The number of amides is 1. The van der Waals surface area contributed by atoms with E-state index in [1.807, 2.05) is 0 Å². The summed E-state index contributed by atoms with van der Waals surface area (Å²) in [6, 6.07) is 3.87. The van der Waals surface area contributed by atoms with E-state index in [0.717, 1.165) is 6.20 Å². The van der Waals surface area contributed by atoms with Crippen molar-refractivity contribution in [1.82, 2.24) is 9.97 Å². The Labute approximate surface area is 107 Å². The Kier molecular flexibility index (Phi) is 3.38. The van der Waals surface area contributed by atoms with Gasteiger partial charge >= 0.3 is 0 Å². The number of hydrogen-bond donors (Lipinski definition) is 2. The molecule has 0 bridgehead atoms. The van der Waals surface area contributed by atoms with E-state index < -0.39 is 11.7 Å². The van der Waals surface area contributed by atoms with Crippen molar-refractivity contribution in [2.75, 3.05) is 11.1 Å². The van der Waals surface area contributed by atoms with Gasteiger partial charge in [-0.3, -0.25) is 4.79 Å². The van der Waals surface area contributed by atoms with Gasteiger partial charge in [-0.05, 0) is 18.2 Å². The minimum Gasteiger partial charge on any atom is -0.397 e. The van der Waals surface area contributed by atoms with Crippen LogP contribution >= 0.6 is 11.6 Å². The van der Waals surface area contributed by atoms with Gasteiger partial charge in [0.15, 0.2) is 0 Å². The minimum atomic E-state index is -0.490. The van der Waals surface area contributed by atoms with Crippen LogP contribution in [0.3, 0.4) is 0 Å². The first-order valence-corrected chi connectivity index (χ1v) is 5.28. The van der Waals surface area contributed by atoms with Crippen molar-refractivity contribution in [2.45, 2.75) is 0 Å². The average Bonchev–Trinajstić information content (AvgIpc) is 2.35. The lowest BCUT2D eigenvalue weighted by atomic mass is 10.2. The number of nitrogens with zero attached hydrogens (tertiary/aromatic N) is 2. The quantitative estimate of drug-likeness (QED) is 0.816. The first-order valence-electron chi connectivity index (χ1n) is 4.90. The Morgan fingerprint density at radius 1 is 1.33 bits per heavy atom. The lowest BCUT2D eigenvalue weighted by Crippen LogP contribution is -2.15. The second kappa shape index (κ2) is 4.97. The molecule has 0 spiro atoms.